The smallest absolute Gasteiger partial charge is 0.370 e. The second-order valence-electron chi connectivity index (χ2n) is 4.98. The fraction of sp³-hybridized carbons (Fsp3) is 0.571. The van der Waals surface area contributed by atoms with Gasteiger partial charge in [-0.3, -0.25) is 0 Å². The molecule has 0 aliphatic carbocycles. The van der Waals surface area contributed by atoms with Gasteiger partial charge in [0.15, 0.2) is 0 Å². The van der Waals surface area contributed by atoms with Crippen LogP contribution >= 0.6 is 11.6 Å². The molecule has 20 heavy (non-hydrogen) atoms. The zero-order valence-corrected chi connectivity index (χ0v) is 12.1. The predicted molar refractivity (Wildman–Crippen MR) is 75.4 cm³/mol. The fourth-order valence-corrected chi connectivity index (χ4v) is 2.78. The monoisotopic (exact) mass is 306 g/mol. The van der Waals surface area contributed by atoms with E-state index in [1.807, 2.05) is 4.90 Å². The van der Waals surface area contributed by atoms with E-state index in [2.05, 4.69) is 12.2 Å². The molecule has 2 nitrogen and oxygen atoms in total. The summed E-state index contributed by atoms with van der Waals surface area (Å²) < 4.78 is 38.3. The van der Waals surface area contributed by atoms with Crippen molar-refractivity contribution in [2.45, 2.75) is 32.0 Å². The van der Waals surface area contributed by atoms with E-state index in [1.54, 1.807) is 0 Å². The maximum atomic E-state index is 12.8. The Balaban J connectivity index is 2.13. The fourth-order valence-electron chi connectivity index (χ4n) is 2.54. The summed E-state index contributed by atoms with van der Waals surface area (Å²) in [7, 11) is 0. The van der Waals surface area contributed by atoms with Crippen LogP contribution in [-0.4, -0.2) is 25.7 Å². The molecule has 0 spiro atoms. The molecule has 0 bridgehead atoms. The molecule has 1 N–H and O–H groups in total. The van der Waals surface area contributed by atoms with E-state index in [0.29, 0.717) is 16.8 Å². The lowest BCUT2D eigenvalue weighted by atomic mass is 10.0. The first-order valence-corrected chi connectivity index (χ1v) is 7.14. The van der Waals surface area contributed by atoms with Gasteiger partial charge in [0.05, 0.1) is 16.3 Å². The van der Waals surface area contributed by atoms with Crippen LogP contribution in [0.15, 0.2) is 18.2 Å². The highest BCUT2D eigenvalue weighted by Crippen LogP contribution is 2.36. The lowest BCUT2D eigenvalue weighted by Crippen LogP contribution is -2.42. The van der Waals surface area contributed by atoms with Crippen LogP contribution in [0.2, 0.25) is 5.02 Å². The number of hydrogen-bond acceptors (Lipinski definition) is 2. The SMILES string of the molecule is CCNC1CCN(c2cc(C(F)(F)F)ccc2Cl)CC1. The first kappa shape index (κ1) is 15.4. The highest BCUT2D eigenvalue weighted by atomic mass is 35.5. The Morgan fingerprint density at radius 1 is 1.30 bits per heavy atom. The van der Waals surface area contributed by atoms with Crippen LogP contribution in [0.25, 0.3) is 0 Å². The molecule has 0 saturated carbocycles. The van der Waals surface area contributed by atoms with Gasteiger partial charge in [0.25, 0.3) is 0 Å². The van der Waals surface area contributed by atoms with Gasteiger partial charge in [0, 0.05) is 19.1 Å². The Hall–Kier alpha value is -0.940. The number of piperidine rings is 1. The number of halogens is 4. The molecule has 0 radical (unpaired) electrons. The maximum absolute atomic E-state index is 12.8. The quantitative estimate of drug-likeness (QED) is 0.910. The van der Waals surface area contributed by atoms with E-state index in [4.69, 9.17) is 11.6 Å². The molecule has 0 atom stereocenters. The normalized spacial score (nSPS) is 17.6. The second kappa shape index (κ2) is 6.22. The zero-order chi connectivity index (χ0) is 14.8. The minimum atomic E-state index is -4.33. The van der Waals surface area contributed by atoms with E-state index in [9.17, 15) is 13.2 Å². The van der Waals surface area contributed by atoms with Gasteiger partial charge in [0.1, 0.15) is 0 Å². The van der Waals surface area contributed by atoms with Gasteiger partial charge in [-0.2, -0.15) is 13.2 Å². The molecule has 0 amide bonds. The molecule has 1 heterocycles. The van der Waals surface area contributed by atoms with Gasteiger partial charge in [-0.25, -0.2) is 0 Å². The molecule has 1 fully saturated rings. The standard InChI is InChI=1S/C14H18ClF3N2/c1-2-19-11-5-7-20(8-6-11)13-9-10(14(16,17)18)3-4-12(13)15/h3-4,9,11,19H,2,5-8H2,1H3. The lowest BCUT2D eigenvalue weighted by Gasteiger charge is -2.34. The van der Waals surface area contributed by atoms with Crippen molar-refractivity contribution in [3.8, 4) is 0 Å². The summed E-state index contributed by atoms with van der Waals surface area (Å²) in [5.74, 6) is 0. The van der Waals surface area contributed by atoms with Crippen LogP contribution in [0.1, 0.15) is 25.3 Å². The number of nitrogens with zero attached hydrogens (tertiary/aromatic N) is 1. The third-order valence-corrected chi connectivity index (χ3v) is 3.92. The topological polar surface area (TPSA) is 15.3 Å². The van der Waals surface area contributed by atoms with Gasteiger partial charge in [-0.1, -0.05) is 18.5 Å². The number of nitrogens with one attached hydrogen (secondary N) is 1. The second-order valence-corrected chi connectivity index (χ2v) is 5.39. The maximum Gasteiger partial charge on any atom is 0.416 e. The first-order valence-electron chi connectivity index (χ1n) is 6.77. The summed E-state index contributed by atoms with van der Waals surface area (Å²) in [6.07, 6.45) is -2.50. The average molecular weight is 307 g/mol. The van der Waals surface area contributed by atoms with E-state index < -0.39 is 11.7 Å². The molecule has 0 unspecified atom stereocenters. The van der Waals surface area contributed by atoms with Crippen molar-refractivity contribution in [2.75, 3.05) is 24.5 Å². The van der Waals surface area contributed by atoms with E-state index >= 15 is 0 Å². The Morgan fingerprint density at radius 3 is 2.50 bits per heavy atom. The molecule has 1 aliphatic heterocycles. The highest BCUT2D eigenvalue weighted by Gasteiger charge is 2.32. The minimum absolute atomic E-state index is 0.375. The summed E-state index contributed by atoms with van der Waals surface area (Å²) in [6, 6.07) is 3.95. The Morgan fingerprint density at radius 2 is 1.95 bits per heavy atom. The van der Waals surface area contributed by atoms with E-state index in [-0.39, 0.29) is 0 Å². The molecular weight excluding hydrogens is 289 g/mol. The molecule has 1 aromatic rings. The van der Waals surface area contributed by atoms with Crippen molar-refractivity contribution >= 4 is 17.3 Å². The van der Waals surface area contributed by atoms with Crippen molar-refractivity contribution in [3.05, 3.63) is 28.8 Å². The minimum Gasteiger partial charge on any atom is -0.370 e. The molecule has 6 heteroatoms. The van der Waals surface area contributed by atoms with E-state index in [0.717, 1.165) is 44.6 Å². The summed E-state index contributed by atoms with van der Waals surface area (Å²) in [4.78, 5) is 1.94. The molecular formula is C14H18ClF3N2. The summed E-state index contributed by atoms with van der Waals surface area (Å²) in [6.45, 7) is 4.41. The lowest BCUT2D eigenvalue weighted by molar-refractivity contribution is -0.137. The van der Waals surface area contributed by atoms with Crippen LogP contribution in [0.3, 0.4) is 0 Å². The number of anilines is 1. The molecule has 1 aliphatic rings. The number of alkyl halides is 3. The van der Waals surface area contributed by atoms with Crippen LogP contribution in [0, 0.1) is 0 Å². The Bertz CT molecular complexity index is 454. The van der Waals surface area contributed by atoms with Crippen LogP contribution in [-0.2, 0) is 6.18 Å². The molecule has 112 valence electrons. The van der Waals surface area contributed by atoms with Gasteiger partial charge in [-0.05, 0) is 37.6 Å². The third kappa shape index (κ3) is 3.58. The summed E-state index contributed by atoms with van der Waals surface area (Å²) in [5.41, 5.74) is -0.165. The zero-order valence-electron chi connectivity index (χ0n) is 11.3. The van der Waals surface area contributed by atoms with Gasteiger partial charge < -0.3 is 10.2 Å². The van der Waals surface area contributed by atoms with Crippen molar-refractivity contribution in [2.24, 2.45) is 0 Å². The van der Waals surface area contributed by atoms with Crippen LogP contribution < -0.4 is 10.2 Å². The van der Waals surface area contributed by atoms with Crippen molar-refractivity contribution in [1.29, 1.82) is 0 Å². The summed E-state index contributed by atoms with van der Waals surface area (Å²) in [5, 5.41) is 3.74. The van der Waals surface area contributed by atoms with Crippen molar-refractivity contribution < 1.29 is 13.2 Å². The van der Waals surface area contributed by atoms with Gasteiger partial charge in [-0.15, -0.1) is 0 Å². The van der Waals surface area contributed by atoms with Gasteiger partial charge >= 0.3 is 6.18 Å². The number of benzene rings is 1. The summed E-state index contributed by atoms with van der Waals surface area (Å²) >= 11 is 6.05. The average Bonchev–Trinajstić information content (AvgIpc) is 2.39. The molecule has 1 saturated heterocycles. The van der Waals surface area contributed by atoms with Crippen molar-refractivity contribution in [1.82, 2.24) is 5.32 Å². The van der Waals surface area contributed by atoms with Crippen LogP contribution in [0.4, 0.5) is 18.9 Å². The third-order valence-electron chi connectivity index (χ3n) is 3.60. The largest absolute Gasteiger partial charge is 0.416 e. The first-order chi connectivity index (χ1) is 9.41. The molecule has 2 rings (SSSR count). The molecule has 1 aromatic carbocycles. The molecule has 0 aromatic heterocycles. The highest BCUT2D eigenvalue weighted by molar-refractivity contribution is 6.33. The van der Waals surface area contributed by atoms with Crippen LogP contribution in [0.5, 0.6) is 0 Å². The number of rotatable bonds is 3. The van der Waals surface area contributed by atoms with E-state index in [1.165, 1.54) is 6.07 Å². The number of hydrogen-bond donors (Lipinski definition) is 1. The predicted octanol–water partition coefficient (Wildman–Crippen LogP) is 3.94. The van der Waals surface area contributed by atoms with Crippen molar-refractivity contribution in [3.63, 3.8) is 0 Å². The Kier molecular flexibility index (Phi) is 4.81. The Labute approximate surface area is 121 Å². The van der Waals surface area contributed by atoms with Gasteiger partial charge in [0.2, 0.25) is 0 Å².